The van der Waals surface area contributed by atoms with Crippen LogP contribution >= 0.6 is 0 Å². The number of carboxylic acids is 1. The zero-order valence-corrected chi connectivity index (χ0v) is 30.1. The van der Waals surface area contributed by atoms with Crippen LogP contribution in [-0.2, 0) is 33.5 Å². The molecule has 292 valence electrons. The summed E-state index contributed by atoms with van der Waals surface area (Å²) < 4.78 is 106. The van der Waals surface area contributed by atoms with E-state index in [1.807, 2.05) is 0 Å². The second-order valence-corrected chi connectivity index (χ2v) is 13.4. The first kappa shape index (κ1) is 42.0. The van der Waals surface area contributed by atoms with Crippen LogP contribution in [0.3, 0.4) is 0 Å². The lowest BCUT2D eigenvalue weighted by Crippen LogP contribution is -2.36. The van der Waals surface area contributed by atoms with E-state index in [0.29, 0.717) is 0 Å². The SMILES string of the molecule is COc1cc(OC)nc(NC(=O)NS(=O)(=O)c2c(C(=O)O)cnn2C)n1.COc1nc(C)nc(NC(=O)NS(=O)(=O)c2ccccc2CCC(F)(F)F)n1. The van der Waals surface area contributed by atoms with E-state index >= 15 is 0 Å². The van der Waals surface area contributed by atoms with E-state index < -0.39 is 72.6 Å². The monoisotopic (exact) mass is 805 g/mol. The number of aryl methyl sites for hydroxylation is 3. The molecule has 3 aromatic heterocycles. The average Bonchev–Trinajstić information content (AvgIpc) is 3.49. The highest BCUT2D eigenvalue weighted by atomic mass is 32.2. The number of carbonyl (C=O) groups is 3. The predicted molar refractivity (Wildman–Crippen MR) is 176 cm³/mol. The van der Waals surface area contributed by atoms with Crippen molar-refractivity contribution in [3.05, 3.63) is 53.5 Å². The number of sulfonamides is 2. The first-order valence-corrected chi connectivity index (χ1v) is 17.5. The van der Waals surface area contributed by atoms with E-state index in [0.717, 1.165) is 16.9 Å². The van der Waals surface area contributed by atoms with Crippen LogP contribution in [0, 0.1) is 6.92 Å². The predicted octanol–water partition coefficient (Wildman–Crippen LogP) is 1.63. The number of nitrogens with zero attached hydrogens (tertiary/aromatic N) is 7. The molecule has 0 aliphatic carbocycles. The van der Waals surface area contributed by atoms with Crippen molar-refractivity contribution in [1.82, 2.24) is 44.1 Å². The second-order valence-electron chi connectivity index (χ2n) is 10.1. The van der Waals surface area contributed by atoms with E-state index in [2.05, 4.69) is 40.7 Å². The lowest BCUT2D eigenvalue weighted by atomic mass is 10.1. The third-order valence-electron chi connectivity index (χ3n) is 6.22. The molecule has 54 heavy (non-hydrogen) atoms. The molecule has 0 aliphatic rings. The molecule has 4 amide bonds. The van der Waals surface area contributed by atoms with Crippen LogP contribution in [0.15, 0.2) is 46.5 Å². The van der Waals surface area contributed by atoms with Crippen molar-refractivity contribution in [2.45, 2.75) is 35.9 Å². The van der Waals surface area contributed by atoms with Gasteiger partial charge in [0.05, 0.1) is 38.5 Å². The number of benzene rings is 1. The molecule has 0 bridgehead atoms. The number of anilines is 2. The van der Waals surface area contributed by atoms with Crippen LogP contribution in [0.25, 0.3) is 0 Å². The molecule has 4 aromatic rings. The molecule has 0 saturated heterocycles. The highest BCUT2D eigenvalue weighted by Gasteiger charge is 2.30. The van der Waals surface area contributed by atoms with Crippen molar-refractivity contribution in [1.29, 1.82) is 0 Å². The number of hydrogen-bond donors (Lipinski definition) is 5. The number of ether oxygens (including phenoxy) is 3. The van der Waals surface area contributed by atoms with Gasteiger partial charge < -0.3 is 19.3 Å². The number of hydrogen-bond acceptors (Lipinski definition) is 16. The van der Waals surface area contributed by atoms with Gasteiger partial charge >= 0.3 is 30.2 Å². The highest BCUT2D eigenvalue weighted by molar-refractivity contribution is 7.90. The molecule has 0 aliphatic heterocycles. The van der Waals surface area contributed by atoms with Crippen LogP contribution in [0.5, 0.6) is 17.8 Å². The minimum absolute atomic E-state index is 0.0646. The number of aromatic nitrogens is 7. The summed E-state index contributed by atoms with van der Waals surface area (Å²) in [4.78, 5) is 53.6. The molecular weight excluding hydrogens is 775 g/mol. The standard InChI is InChI=1S/C15H16F3N5O4S.C12H14N6O7S/c1-9-19-12(22-14(20-9)27-2)21-13(24)23-28(25,26)11-6-4-3-5-10(11)7-8-15(16,17)18;1-18-9(6(5-13-18)10(19)20)26(22,23)17-12(21)16-11-14-7(24-2)4-8(15-11)25-3/h3-6H,7-8H2,1-2H3,(H2,19,20,21,22,23,24);4-5H,1-3H3,(H,19,20)(H2,14,15,16,17,21). The molecule has 0 spiro atoms. The number of carboxylic acid groups (broad SMARTS) is 1. The molecule has 0 unspecified atom stereocenters. The molecule has 1 aromatic carbocycles. The Morgan fingerprint density at radius 1 is 0.833 bits per heavy atom. The number of aromatic carboxylic acids is 1. The summed E-state index contributed by atoms with van der Waals surface area (Å²) in [6.07, 6.45) is -5.34. The van der Waals surface area contributed by atoms with E-state index in [-0.39, 0.29) is 41.1 Å². The Morgan fingerprint density at radius 3 is 1.93 bits per heavy atom. The van der Waals surface area contributed by atoms with E-state index in [1.54, 1.807) is 9.44 Å². The van der Waals surface area contributed by atoms with Crippen LogP contribution in [0.1, 0.15) is 28.2 Å². The maximum Gasteiger partial charge on any atom is 0.389 e. The minimum Gasteiger partial charge on any atom is -0.481 e. The van der Waals surface area contributed by atoms with E-state index in [4.69, 9.17) is 19.3 Å². The fourth-order valence-electron chi connectivity index (χ4n) is 4.02. The van der Waals surface area contributed by atoms with Crippen molar-refractivity contribution in [2.24, 2.45) is 7.05 Å². The van der Waals surface area contributed by atoms with Crippen molar-refractivity contribution in [2.75, 3.05) is 32.0 Å². The zero-order chi connectivity index (χ0) is 40.4. The summed E-state index contributed by atoms with van der Waals surface area (Å²) in [7, 11) is -3.81. The normalized spacial score (nSPS) is 11.3. The fraction of sp³-hybridized carbons (Fsp3) is 0.296. The Bertz CT molecular complexity index is 2220. The van der Waals surface area contributed by atoms with Gasteiger partial charge in [-0.15, -0.1) is 0 Å². The van der Waals surface area contributed by atoms with Crippen molar-refractivity contribution in [3.63, 3.8) is 0 Å². The van der Waals surface area contributed by atoms with Gasteiger partial charge in [0.25, 0.3) is 20.0 Å². The smallest absolute Gasteiger partial charge is 0.389 e. The van der Waals surface area contributed by atoms with E-state index in [9.17, 15) is 44.4 Å². The first-order valence-electron chi connectivity index (χ1n) is 14.5. The van der Waals surface area contributed by atoms with Gasteiger partial charge in [0, 0.05) is 13.5 Å². The molecule has 0 radical (unpaired) electrons. The summed E-state index contributed by atoms with van der Waals surface area (Å²) in [5.41, 5.74) is -0.662. The van der Waals surface area contributed by atoms with E-state index in [1.165, 1.54) is 59.6 Å². The number of alkyl halides is 3. The highest BCUT2D eigenvalue weighted by Crippen LogP contribution is 2.25. The number of methoxy groups -OCH3 is 3. The van der Waals surface area contributed by atoms with Gasteiger partial charge in [-0.3, -0.25) is 15.3 Å². The molecule has 22 nitrogen and oxygen atoms in total. The number of urea groups is 2. The van der Waals surface area contributed by atoms with Gasteiger partial charge in [0.2, 0.25) is 23.7 Å². The number of carbonyl (C=O) groups excluding carboxylic acids is 2. The Kier molecular flexibility index (Phi) is 13.6. The lowest BCUT2D eigenvalue weighted by molar-refractivity contribution is -0.134. The zero-order valence-electron chi connectivity index (χ0n) is 28.5. The number of halogens is 3. The Morgan fingerprint density at radius 2 is 1.39 bits per heavy atom. The van der Waals surface area contributed by atoms with Gasteiger partial charge in [-0.25, -0.2) is 32.2 Å². The molecule has 0 atom stereocenters. The van der Waals surface area contributed by atoms with Gasteiger partial charge in [-0.05, 0) is 25.0 Å². The van der Waals surface area contributed by atoms with Crippen LogP contribution < -0.4 is 34.3 Å². The summed E-state index contributed by atoms with van der Waals surface area (Å²) >= 11 is 0. The molecule has 5 N–H and O–H groups in total. The Hall–Kier alpha value is -6.38. The maximum absolute atomic E-state index is 12.5. The van der Waals surface area contributed by atoms with Gasteiger partial charge in [0.15, 0.2) is 5.03 Å². The summed E-state index contributed by atoms with van der Waals surface area (Å²) in [6, 6.07) is 3.93. The van der Waals surface area contributed by atoms with Gasteiger partial charge in [-0.1, -0.05) is 18.2 Å². The van der Waals surface area contributed by atoms with Crippen LogP contribution in [-0.4, -0.2) is 102 Å². The molecule has 0 saturated carbocycles. The van der Waals surface area contributed by atoms with Gasteiger partial charge in [0.1, 0.15) is 11.4 Å². The van der Waals surface area contributed by atoms with Crippen molar-refractivity contribution < 1.29 is 63.7 Å². The summed E-state index contributed by atoms with van der Waals surface area (Å²) in [5.74, 6) is -1.73. The molecular formula is C27H30F3N11O11S2. The third kappa shape index (κ3) is 11.8. The summed E-state index contributed by atoms with van der Waals surface area (Å²) in [6.45, 7) is 1.50. The Balaban J connectivity index is 0.000000291. The largest absolute Gasteiger partial charge is 0.481 e. The first-order chi connectivity index (χ1) is 25.2. The van der Waals surface area contributed by atoms with Crippen molar-refractivity contribution >= 4 is 50.0 Å². The number of nitrogens with one attached hydrogen (secondary N) is 4. The van der Waals surface area contributed by atoms with Crippen LogP contribution in [0.2, 0.25) is 0 Å². The average molecular weight is 806 g/mol. The van der Waals surface area contributed by atoms with Crippen LogP contribution in [0.4, 0.5) is 34.7 Å². The topological polar surface area (TPSA) is 298 Å². The molecule has 3 heterocycles. The molecule has 0 fully saturated rings. The lowest BCUT2D eigenvalue weighted by Gasteiger charge is -2.13. The summed E-state index contributed by atoms with van der Waals surface area (Å²) in [5, 5.41) is 16.1. The minimum atomic E-state index is -4.53. The quantitative estimate of drug-likeness (QED) is 0.136. The number of rotatable bonds is 12. The Labute approximate surface area is 303 Å². The number of amides is 4. The maximum atomic E-state index is 12.5. The molecule has 27 heteroatoms. The fourth-order valence-corrected chi connectivity index (χ4v) is 6.41. The van der Waals surface area contributed by atoms with Gasteiger partial charge in [-0.2, -0.15) is 51.6 Å². The van der Waals surface area contributed by atoms with Crippen molar-refractivity contribution in [3.8, 4) is 17.8 Å². The second kappa shape index (κ2) is 17.4. The third-order valence-corrected chi connectivity index (χ3v) is 9.10. The molecule has 4 rings (SSSR count).